The van der Waals surface area contributed by atoms with Gasteiger partial charge >= 0.3 is 0 Å². The van der Waals surface area contributed by atoms with Crippen molar-refractivity contribution in [2.75, 3.05) is 26.7 Å². The van der Waals surface area contributed by atoms with Crippen LogP contribution < -0.4 is 4.90 Å². The normalized spacial score (nSPS) is 28.7. The Kier molecular flexibility index (Phi) is 5.78. The topological polar surface area (TPSA) is 48.5 Å². The third-order valence-corrected chi connectivity index (χ3v) is 6.26. The molecule has 1 heterocycles. The van der Waals surface area contributed by atoms with Crippen molar-refractivity contribution in [2.45, 2.75) is 44.6 Å². The van der Waals surface area contributed by atoms with Gasteiger partial charge in [0.25, 0.3) is 5.91 Å². The van der Waals surface area contributed by atoms with Gasteiger partial charge in [-0.25, -0.2) is 0 Å². The number of benzene rings is 1. The summed E-state index contributed by atoms with van der Waals surface area (Å²) in [6.07, 6.45) is 6.94. The van der Waals surface area contributed by atoms with Gasteiger partial charge in [-0.3, -0.25) is 4.79 Å². The first kappa shape index (κ1) is 18.7. The lowest BCUT2D eigenvalue weighted by Crippen LogP contribution is -3.13. The largest absolute Gasteiger partial charge is 0.324 e. The summed E-state index contributed by atoms with van der Waals surface area (Å²) in [5.74, 6) is 0.766. The first-order chi connectivity index (χ1) is 12.5. The molecule has 0 radical (unpaired) electrons. The number of rotatable bonds is 4. The van der Waals surface area contributed by atoms with Crippen LogP contribution in [0.3, 0.4) is 0 Å². The van der Waals surface area contributed by atoms with Crippen molar-refractivity contribution >= 4 is 11.5 Å². The van der Waals surface area contributed by atoms with Crippen molar-refractivity contribution in [1.82, 2.24) is 4.90 Å². The highest BCUT2D eigenvalue weighted by molar-refractivity contribution is 5.78. The van der Waals surface area contributed by atoms with Crippen molar-refractivity contribution in [1.29, 1.82) is 5.26 Å². The molecule has 1 aromatic rings. The number of carbonyl (C=O) groups is 1. The maximum absolute atomic E-state index is 12.8. The number of amides is 1. The van der Waals surface area contributed by atoms with E-state index in [9.17, 15) is 10.1 Å². The molecule has 0 aromatic heterocycles. The van der Waals surface area contributed by atoms with E-state index in [1.54, 1.807) is 4.90 Å². The number of nitrogens with one attached hydrogen (secondary N) is 1. The first-order valence-corrected chi connectivity index (χ1v) is 9.80. The number of nitrogens with zero attached hydrogens (tertiary/aromatic N) is 2. The molecule has 1 fully saturated rings. The van der Waals surface area contributed by atoms with Gasteiger partial charge in [0.2, 0.25) is 0 Å². The standard InChI is InChI=1S/C22H29N3O/c1-18-8-12-22(17-23,13-9-18)24(2)21(26)16-25-14-10-20(11-15-25)19-6-4-3-5-7-19/h3-7,10,18H,8-9,11-16H2,1-2H3/p+1. The van der Waals surface area contributed by atoms with E-state index in [1.165, 1.54) is 16.0 Å². The molecule has 1 aromatic carbocycles. The minimum Gasteiger partial charge on any atom is -0.324 e. The van der Waals surface area contributed by atoms with E-state index in [4.69, 9.17) is 0 Å². The van der Waals surface area contributed by atoms with Gasteiger partial charge in [0.15, 0.2) is 6.54 Å². The summed E-state index contributed by atoms with van der Waals surface area (Å²) in [4.78, 5) is 15.9. The molecule has 1 aliphatic carbocycles. The summed E-state index contributed by atoms with van der Waals surface area (Å²) in [5, 5.41) is 9.75. The van der Waals surface area contributed by atoms with Crippen molar-refractivity contribution in [3.63, 3.8) is 0 Å². The van der Waals surface area contributed by atoms with E-state index in [0.717, 1.165) is 45.2 Å². The summed E-state index contributed by atoms with van der Waals surface area (Å²) < 4.78 is 0. The molecule has 3 rings (SSSR count). The molecule has 4 nitrogen and oxygen atoms in total. The van der Waals surface area contributed by atoms with E-state index in [2.05, 4.69) is 43.3 Å². The molecule has 26 heavy (non-hydrogen) atoms. The summed E-state index contributed by atoms with van der Waals surface area (Å²) in [6.45, 7) is 4.56. The van der Waals surface area contributed by atoms with Crippen molar-refractivity contribution in [2.24, 2.45) is 5.92 Å². The van der Waals surface area contributed by atoms with Crippen LogP contribution in [0.1, 0.15) is 44.6 Å². The second-order valence-electron chi connectivity index (χ2n) is 8.00. The van der Waals surface area contributed by atoms with Gasteiger partial charge in [-0.1, -0.05) is 37.3 Å². The number of quaternary nitrogens is 1. The van der Waals surface area contributed by atoms with Gasteiger partial charge in [0.05, 0.1) is 19.2 Å². The van der Waals surface area contributed by atoms with Crippen LogP contribution >= 0.6 is 0 Å². The number of likely N-dealkylation sites (N-methyl/N-ethyl adjacent to an activating group) is 1. The minimum absolute atomic E-state index is 0.104. The molecule has 2 aliphatic rings. The fraction of sp³-hybridized carbons (Fsp3) is 0.545. The second-order valence-corrected chi connectivity index (χ2v) is 8.00. The molecular formula is C22H30N3O+. The Morgan fingerprint density at radius 1 is 1.31 bits per heavy atom. The Bertz CT molecular complexity index is 696. The Morgan fingerprint density at radius 3 is 2.58 bits per heavy atom. The number of nitriles is 1. The van der Waals surface area contributed by atoms with Crippen LogP contribution in [0, 0.1) is 17.2 Å². The van der Waals surface area contributed by atoms with E-state index in [0.29, 0.717) is 12.5 Å². The molecule has 138 valence electrons. The van der Waals surface area contributed by atoms with Crippen LogP contribution in [0.15, 0.2) is 36.4 Å². The van der Waals surface area contributed by atoms with Crippen LogP contribution in [0.25, 0.3) is 5.57 Å². The Hall–Kier alpha value is -2.12. The quantitative estimate of drug-likeness (QED) is 0.904. The summed E-state index contributed by atoms with van der Waals surface area (Å²) >= 11 is 0. The minimum atomic E-state index is -0.593. The van der Waals surface area contributed by atoms with E-state index in [-0.39, 0.29) is 5.91 Å². The number of carbonyl (C=O) groups excluding carboxylic acids is 1. The molecule has 0 bridgehead atoms. The maximum Gasteiger partial charge on any atom is 0.278 e. The van der Waals surface area contributed by atoms with Gasteiger partial charge in [0.1, 0.15) is 5.54 Å². The molecular weight excluding hydrogens is 322 g/mol. The van der Waals surface area contributed by atoms with E-state index in [1.807, 2.05) is 13.1 Å². The van der Waals surface area contributed by atoms with Crippen molar-refractivity contribution in [3.8, 4) is 6.07 Å². The van der Waals surface area contributed by atoms with Gasteiger partial charge in [-0.05, 0) is 48.8 Å². The fourth-order valence-electron chi connectivity index (χ4n) is 4.19. The van der Waals surface area contributed by atoms with Gasteiger partial charge in [-0.15, -0.1) is 0 Å². The van der Waals surface area contributed by atoms with Gasteiger partial charge < -0.3 is 9.80 Å². The highest BCUT2D eigenvalue weighted by atomic mass is 16.2. The second kappa shape index (κ2) is 8.05. The molecule has 1 saturated carbocycles. The average Bonchev–Trinajstić information content (AvgIpc) is 2.69. The highest BCUT2D eigenvalue weighted by Crippen LogP contribution is 2.35. The molecule has 0 spiro atoms. The third kappa shape index (κ3) is 3.99. The lowest BCUT2D eigenvalue weighted by molar-refractivity contribution is -0.887. The zero-order valence-electron chi connectivity index (χ0n) is 16.0. The number of hydrogen-bond donors (Lipinski definition) is 1. The Balaban J connectivity index is 1.59. The molecule has 1 aliphatic heterocycles. The molecule has 1 atom stereocenters. The summed E-state index contributed by atoms with van der Waals surface area (Å²) in [5.41, 5.74) is 2.07. The zero-order valence-corrected chi connectivity index (χ0v) is 16.0. The first-order valence-electron chi connectivity index (χ1n) is 9.80. The smallest absolute Gasteiger partial charge is 0.278 e. The van der Waals surface area contributed by atoms with E-state index >= 15 is 0 Å². The van der Waals surface area contributed by atoms with Crippen LogP contribution in [-0.4, -0.2) is 43.0 Å². The fourth-order valence-corrected chi connectivity index (χ4v) is 4.19. The summed E-state index contributed by atoms with van der Waals surface area (Å²) in [6, 6.07) is 12.9. The Morgan fingerprint density at radius 2 is 2.00 bits per heavy atom. The maximum atomic E-state index is 12.8. The van der Waals surface area contributed by atoms with Gasteiger partial charge in [-0.2, -0.15) is 5.26 Å². The SMILES string of the molecule is CC1CCC(C#N)(N(C)C(=O)C[NH+]2CC=C(c3ccccc3)CC2)CC1. The van der Waals surface area contributed by atoms with Crippen LogP contribution in [0.5, 0.6) is 0 Å². The molecule has 0 saturated heterocycles. The lowest BCUT2D eigenvalue weighted by Gasteiger charge is -2.41. The average molecular weight is 353 g/mol. The Labute approximate surface area is 157 Å². The third-order valence-electron chi connectivity index (χ3n) is 6.26. The monoisotopic (exact) mass is 352 g/mol. The molecule has 1 N–H and O–H groups in total. The van der Waals surface area contributed by atoms with Crippen molar-refractivity contribution < 1.29 is 9.69 Å². The van der Waals surface area contributed by atoms with Crippen LogP contribution in [0.4, 0.5) is 0 Å². The molecule has 1 amide bonds. The lowest BCUT2D eigenvalue weighted by atomic mass is 9.77. The predicted molar refractivity (Wildman–Crippen MR) is 103 cm³/mol. The van der Waals surface area contributed by atoms with E-state index < -0.39 is 5.54 Å². The van der Waals surface area contributed by atoms with Gasteiger partial charge in [0, 0.05) is 13.5 Å². The zero-order chi connectivity index (χ0) is 18.6. The highest BCUT2D eigenvalue weighted by Gasteiger charge is 2.41. The molecule has 1 unspecified atom stereocenters. The number of hydrogen-bond acceptors (Lipinski definition) is 2. The predicted octanol–water partition coefficient (Wildman–Crippen LogP) is 2.29. The molecule has 4 heteroatoms. The van der Waals surface area contributed by atoms with Crippen LogP contribution in [-0.2, 0) is 4.79 Å². The summed E-state index contributed by atoms with van der Waals surface area (Å²) in [7, 11) is 1.83. The van der Waals surface area contributed by atoms with Crippen LogP contribution in [0.2, 0.25) is 0 Å². The van der Waals surface area contributed by atoms with Crippen molar-refractivity contribution in [3.05, 3.63) is 42.0 Å².